The fourth-order valence-corrected chi connectivity index (χ4v) is 3.51. The number of pyridine rings is 1. The zero-order valence-corrected chi connectivity index (χ0v) is 17.4. The summed E-state index contributed by atoms with van der Waals surface area (Å²) < 4.78 is 51.9. The Morgan fingerprint density at radius 2 is 1.66 bits per heavy atom. The van der Waals surface area contributed by atoms with E-state index in [2.05, 4.69) is 5.32 Å². The predicted molar refractivity (Wildman–Crippen MR) is 117 cm³/mol. The van der Waals surface area contributed by atoms with Gasteiger partial charge in [-0.15, -0.1) is 0 Å². The summed E-state index contributed by atoms with van der Waals surface area (Å²) in [4.78, 5) is 0.0351. The van der Waals surface area contributed by atoms with Crippen LogP contribution >= 0.6 is 12.2 Å². The summed E-state index contributed by atoms with van der Waals surface area (Å²) in [5.74, 6) is 0.864. The van der Waals surface area contributed by atoms with Crippen LogP contribution in [0, 0.1) is 0 Å². The number of aliphatic hydroxyl groups is 1. The lowest BCUT2D eigenvalue weighted by molar-refractivity contribution is -0.575. The third-order valence-electron chi connectivity index (χ3n) is 4.68. The second-order valence-electron chi connectivity index (χ2n) is 6.87. The van der Waals surface area contributed by atoms with E-state index in [9.17, 15) is 18.3 Å². The average Bonchev–Trinajstić information content (AvgIpc) is 2.79. The molecule has 1 aliphatic heterocycles. The first-order valence-electron chi connectivity index (χ1n) is 9.61. The molecule has 0 spiro atoms. The van der Waals surface area contributed by atoms with Crippen LogP contribution in [0.25, 0.3) is 11.5 Å². The maximum Gasteiger partial charge on any atom is 0.416 e. The minimum absolute atomic E-state index is 0.0351. The number of rotatable bonds is 4. The Hall–Kier alpha value is -3.59. The molecule has 0 bridgehead atoms. The lowest BCUT2D eigenvalue weighted by Crippen LogP contribution is -2.38. The van der Waals surface area contributed by atoms with Gasteiger partial charge in [-0.1, -0.05) is 24.4 Å². The third-order valence-corrected chi connectivity index (χ3v) is 4.97. The molecule has 32 heavy (non-hydrogen) atoms. The molecular formula is C23H18F3N2O3S+. The molecule has 0 radical (unpaired) electrons. The van der Waals surface area contributed by atoms with E-state index in [-0.39, 0.29) is 22.1 Å². The number of hydrogen-bond acceptors (Lipinski definition) is 4. The summed E-state index contributed by atoms with van der Waals surface area (Å²) >= 11 is 5.49. The number of aliphatic hydroxyl groups excluding tert-OH is 1. The van der Waals surface area contributed by atoms with Crippen LogP contribution in [-0.4, -0.2) is 23.3 Å². The Balaban J connectivity index is 1.74. The van der Waals surface area contributed by atoms with Crippen molar-refractivity contribution in [3.8, 4) is 11.5 Å². The van der Waals surface area contributed by atoms with Gasteiger partial charge in [0.15, 0.2) is 34.6 Å². The van der Waals surface area contributed by atoms with E-state index < -0.39 is 11.7 Å². The van der Waals surface area contributed by atoms with Gasteiger partial charge in [0.1, 0.15) is 13.2 Å². The highest BCUT2D eigenvalue weighted by molar-refractivity contribution is 7.81. The number of fused-ring (bicyclic) bond motifs is 1. The number of nitrogens with one attached hydrogen (secondary N) is 1. The van der Waals surface area contributed by atoms with Gasteiger partial charge in [-0.3, -0.25) is 0 Å². The number of hydrogen-bond donors (Lipinski definition) is 2. The summed E-state index contributed by atoms with van der Waals surface area (Å²) in [5, 5.41) is 13.9. The highest BCUT2D eigenvalue weighted by Crippen LogP contribution is 2.34. The summed E-state index contributed by atoms with van der Waals surface area (Å²) in [6, 6.07) is 14.9. The van der Waals surface area contributed by atoms with E-state index in [4.69, 9.17) is 21.7 Å². The number of halogens is 3. The van der Waals surface area contributed by atoms with E-state index in [1.165, 1.54) is 12.1 Å². The molecule has 2 aromatic carbocycles. The van der Waals surface area contributed by atoms with Crippen molar-refractivity contribution in [2.24, 2.45) is 0 Å². The minimum atomic E-state index is -4.49. The molecule has 9 heteroatoms. The Labute approximate surface area is 187 Å². The Morgan fingerprint density at radius 1 is 0.938 bits per heavy atom. The predicted octanol–water partition coefficient (Wildman–Crippen LogP) is 5.09. The van der Waals surface area contributed by atoms with Crippen LogP contribution in [0.2, 0.25) is 0 Å². The van der Waals surface area contributed by atoms with Crippen LogP contribution in [0.5, 0.6) is 11.5 Å². The highest BCUT2D eigenvalue weighted by Gasteiger charge is 2.31. The van der Waals surface area contributed by atoms with E-state index in [1.807, 2.05) is 0 Å². The van der Waals surface area contributed by atoms with Gasteiger partial charge in [0, 0.05) is 23.4 Å². The van der Waals surface area contributed by atoms with Crippen molar-refractivity contribution in [2.75, 3.05) is 18.5 Å². The molecule has 164 valence electrons. The first kappa shape index (κ1) is 21.6. The second-order valence-corrected chi connectivity index (χ2v) is 7.28. The highest BCUT2D eigenvalue weighted by atomic mass is 32.1. The van der Waals surface area contributed by atoms with Crippen LogP contribution in [-0.2, 0) is 6.18 Å². The third kappa shape index (κ3) is 4.67. The zero-order valence-electron chi connectivity index (χ0n) is 16.6. The molecule has 0 saturated carbocycles. The second kappa shape index (κ2) is 8.88. The van der Waals surface area contributed by atoms with Gasteiger partial charge in [-0.2, -0.15) is 17.7 Å². The van der Waals surface area contributed by atoms with Crippen LogP contribution in [0.4, 0.5) is 18.9 Å². The van der Waals surface area contributed by atoms with Gasteiger partial charge in [0.05, 0.1) is 5.56 Å². The zero-order chi connectivity index (χ0) is 22.7. The van der Waals surface area contributed by atoms with Crippen LogP contribution < -0.4 is 19.4 Å². The van der Waals surface area contributed by atoms with Gasteiger partial charge in [0.2, 0.25) is 0 Å². The summed E-state index contributed by atoms with van der Waals surface area (Å²) in [7, 11) is 0. The van der Waals surface area contributed by atoms with Crippen LogP contribution in [0.15, 0.2) is 73.1 Å². The summed E-state index contributed by atoms with van der Waals surface area (Å²) in [6.45, 7) is 0.820. The fourth-order valence-electron chi connectivity index (χ4n) is 3.19. The maximum atomic E-state index is 13.1. The van der Waals surface area contributed by atoms with Crippen molar-refractivity contribution in [3.05, 3.63) is 84.2 Å². The Morgan fingerprint density at radius 3 is 2.38 bits per heavy atom. The smallest absolute Gasteiger partial charge is 0.416 e. The van der Waals surface area contributed by atoms with Crippen LogP contribution in [0.3, 0.4) is 0 Å². The molecule has 3 aromatic rings. The van der Waals surface area contributed by atoms with Crippen LogP contribution in [0.1, 0.15) is 11.1 Å². The molecule has 0 atom stereocenters. The topological polar surface area (TPSA) is 54.6 Å². The number of thiocarbonyl (C=S) groups is 1. The molecule has 0 unspecified atom stereocenters. The van der Waals surface area contributed by atoms with Crippen molar-refractivity contribution in [2.45, 2.75) is 6.18 Å². The number of ether oxygens (including phenoxy) is 2. The molecule has 2 N–H and O–H groups in total. The van der Waals surface area contributed by atoms with E-state index in [0.717, 1.165) is 12.1 Å². The first-order chi connectivity index (χ1) is 15.3. The lowest BCUT2D eigenvalue weighted by atomic mass is 10.1. The quantitative estimate of drug-likeness (QED) is 0.247. The minimum Gasteiger partial charge on any atom is -0.502 e. The lowest BCUT2D eigenvalue weighted by Gasteiger charge is -2.19. The van der Waals surface area contributed by atoms with Crippen molar-refractivity contribution < 1.29 is 32.3 Å². The van der Waals surface area contributed by atoms with E-state index in [1.54, 1.807) is 53.4 Å². The molecule has 0 aliphatic carbocycles. The van der Waals surface area contributed by atoms with E-state index >= 15 is 0 Å². The van der Waals surface area contributed by atoms with Crippen molar-refractivity contribution in [1.29, 1.82) is 0 Å². The molecule has 0 amide bonds. The molecule has 1 aromatic heterocycles. The summed E-state index contributed by atoms with van der Waals surface area (Å²) in [6.07, 6.45) is -1.15. The van der Waals surface area contributed by atoms with Crippen molar-refractivity contribution in [3.63, 3.8) is 0 Å². The first-order valence-corrected chi connectivity index (χ1v) is 10.0. The summed E-state index contributed by atoms with van der Waals surface area (Å²) in [5.41, 5.74) is -0.0587. The number of alkyl halides is 3. The largest absolute Gasteiger partial charge is 0.502 e. The van der Waals surface area contributed by atoms with E-state index in [0.29, 0.717) is 30.3 Å². The molecule has 4 rings (SSSR count). The Bertz CT molecular complexity index is 1180. The number of benzene rings is 2. The normalized spacial score (nSPS) is 13.8. The number of aromatic nitrogens is 1. The molecule has 1 aliphatic rings. The fraction of sp³-hybridized carbons (Fsp3) is 0.130. The van der Waals surface area contributed by atoms with Gasteiger partial charge in [-0.05, 0) is 36.4 Å². The van der Waals surface area contributed by atoms with Gasteiger partial charge in [-0.25, -0.2) is 0 Å². The van der Waals surface area contributed by atoms with Gasteiger partial charge in [0.25, 0.3) is 5.70 Å². The molecule has 0 saturated heterocycles. The molecular weight excluding hydrogens is 441 g/mol. The van der Waals surface area contributed by atoms with Gasteiger partial charge >= 0.3 is 6.18 Å². The van der Waals surface area contributed by atoms with Gasteiger partial charge < -0.3 is 19.9 Å². The standard InChI is InChI=1S/C23H17F3N2O3S/c24-23(25,26)16-5-4-6-17(14-16)27-22(32)20(28-9-2-1-3-10-28)21(29)15-7-8-18-19(13-15)31-12-11-30-18/h1-10,13-14H,11-12H2,(H-,27,29,32)/p+1. The average molecular weight is 459 g/mol. The number of nitrogens with zero attached hydrogens (tertiary/aromatic N) is 1. The van der Waals surface area contributed by atoms with Crippen molar-refractivity contribution in [1.82, 2.24) is 0 Å². The monoisotopic (exact) mass is 459 g/mol. The molecule has 2 heterocycles. The maximum absolute atomic E-state index is 13.1. The molecule has 5 nitrogen and oxygen atoms in total. The number of anilines is 1. The van der Waals surface area contributed by atoms with Crippen molar-refractivity contribution >= 4 is 34.3 Å². The molecule has 0 fully saturated rings. The SMILES string of the molecule is O/C(=C(\C(=S)Nc1cccc(C(F)(F)F)c1)[n+]1ccccc1)c1ccc2c(c1)OCCO2. The Kier molecular flexibility index (Phi) is 6.00.